The minimum atomic E-state index is -5.04. The molecule has 0 saturated carbocycles. The number of fused-ring (bicyclic) bond motifs is 1. The number of nitrogens with zero attached hydrogens (tertiary/aromatic N) is 3. The third-order valence-electron chi connectivity index (χ3n) is 5.92. The van der Waals surface area contributed by atoms with Gasteiger partial charge in [-0.25, -0.2) is 4.68 Å². The van der Waals surface area contributed by atoms with Crippen LogP contribution in [0.5, 0.6) is 5.75 Å². The van der Waals surface area contributed by atoms with Crippen molar-refractivity contribution in [3.05, 3.63) is 87.9 Å². The van der Waals surface area contributed by atoms with E-state index in [-0.39, 0.29) is 5.56 Å². The Morgan fingerprint density at radius 1 is 1.08 bits per heavy atom. The number of pyridine rings is 1. The summed E-state index contributed by atoms with van der Waals surface area (Å²) in [6.45, 7) is 3.40. The van der Waals surface area contributed by atoms with Crippen LogP contribution in [0.15, 0.2) is 71.8 Å². The van der Waals surface area contributed by atoms with E-state index in [1.54, 1.807) is 86.5 Å². The van der Waals surface area contributed by atoms with Gasteiger partial charge in [0.05, 0.1) is 23.4 Å². The maximum atomic E-state index is 13.1. The van der Waals surface area contributed by atoms with Crippen LogP contribution in [0.4, 0.5) is 13.2 Å². The number of alkyl halides is 3. The van der Waals surface area contributed by atoms with E-state index in [0.717, 1.165) is 5.52 Å². The summed E-state index contributed by atoms with van der Waals surface area (Å²) in [6, 6.07) is 13.8. The third kappa shape index (κ3) is 5.80. The molecule has 2 aromatic heterocycles. The summed E-state index contributed by atoms with van der Waals surface area (Å²) >= 11 is 6.01. The molecule has 2 aromatic carbocycles. The molecule has 0 saturated heterocycles. The van der Waals surface area contributed by atoms with Crippen molar-refractivity contribution in [3.8, 4) is 11.4 Å². The number of carbonyl (C=O) groups excluding carboxylic acids is 1. The Morgan fingerprint density at radius 2 is 1.78 bits per heavy atom. The summed E-state index contributed by atoms with van der Waals surface area (Å²) in [4.78, 5) is 23.6. The van der Waals surface area contributed by atoms with E-state index in [1.807, 2.05) is 0 Å². The molecule has 2 atom stereocenters. The second-order valence-electron chi connectivity index (χ2n) is 8.94. The summed E-state index contributed by atoms with van der Waals surface area (Å²) < 4.78 is 48.6. The Balaban J connectivity index is 1.70. The molecule has 0 bridgehead atoms. The Labute approximate surface area is 215 Å². The zero-order valence-corrected chi connectivity index (χ0v) is 20.9. The van der Waals surface area contributed by atoms with Crippen LogP contribution >= 0.6 is 11.6 Å². The Morgan fingerprint density at radius 3 is 2.41 bits per heavy atom. The van der Waals surface area contributed by atoms with Crippen molar-refractivity contribution in [3.63, 3.8) is 0 Å². The van der Waals surface area contributed by atoms with E-state index >= 15 is 0 Å². The van der Waals surface area contributed by atoms with Crippen molar-refractivity contribution < 1.29 is 22.7 Å². The fourth-order valence-electron chi connectivity index (χ4n) is 3.97. The van der Waals surface area contributed by atoms with E-state index < -0.39 is 30.1 Å². The summed E-state index contributed by atoms with van der Waals surface area (Å²) in [5.74, 6) is -2.06. The molecule has 0 aliphatic heterocycles. The lowest BCUT2D eigenvalue weighted by Crippen LogP contribution is -2.49. The van der Waals surface area contributed by atoms with Gasteiger partial charge in [0.1, 0.15) is 11.9 Å². The third-order valence-corrected chi connectivity index (χ3v) is 6.17. The molecule has 1 N–H and O–H groups in total. The van der Waals surface area contributed by atoms with Gasteiger partial charge in [-0.3, -0.25) is 9.59 Å². The van der Waals surface area contributed by atoms with Gasteiger partial charge in [-0.2, -0.15) is 18.3 Å². The number of aromatic nitrogens is 3. The number of aryl methyl sites for hydroxylation is 1. The van der Waals surface area contributed by atoms with Crippen molar-refractivity contribution in [1.29, 1.82) is 0 Å². The Kier molecular flexibility index (Phi) is 7.31. The number of carbonyl (C=O) groups is 1. The monoisotopic (exact) mass is 532 g/mol. The lowest BCUT2D eigenvalue weighted by molar-refractivity contribution is -0.175. The minimum absolute atomic E-state index is 0.151. The average Bonchev–Trinajstić information content (AvgIpc) is 3.26. The second-order valence-corrected chi connectivity index (χ2v) is 9.38. The highest BCUT2D eigenvalue weighted by Gasteiger charge is 2.42. The largest absolute Gasteiger partial charge is 0.484 e. The smallest absolute Gasteiger partial charge is 0.471 e. The highest BCUT2D eigenvalue weighted by Crippen LogP contribution is 2.32. The fraction of sp³-hybridized carbons (Fsp3) is 0.269. The van der Waals surface area contributed by atoms with Gasteiger partial charge in [-0.15, -0.1) is 0 Å². The van der Waals surface area contributed by atoms with Crippen LogP contribution in [0.1, 0.15) is 25.5 Å². The Bertz CT molecular complexity index is 1480. The van der Waals surface area contributed by atoms with Gasteiger partial charge in [-0.05, 0) is 47.9 Å². The standard InChI is InChI=1S/C26H24ClF3N4O3/c1-15(2)23(32-25(36)26(28,29)30)24(16-4-6-18(27)7-5-16)37-20-9-10-21-17(12-20)13-31-34(21)19-8-11-22(35)33(3)14-19/h4-15,23-24H,1-3H3,(H,32,36)/t23?,24-/m1/s1. The maximum absolute atomic E-state index is 13.1. The summed E-state index contributed by atoms with van der Waals surface area (Å²) in [5.41, 5.74) is 1.81. The van der Waals surface area contributed by atoms with Crippen LogP contribution in [-0.2, 0) is 11.8 Å². The van der Waals surface area contributed by atoms with Crippen LogP contribution in [0.3, 0.4) is 0 Å². The molecule has 0 aliphatic rings. The molecule has 0 radical (unpaired) electrons. The SMILES string of the molecule is CC(C)C(NC(=O)C(F)(F)F)[C@H](Oc1ccc2c(cnn2-c2ccc(=O)n(C)c2)c1)c1ccc(Cl)cc1. The number of hydrogen-bond donors (Lipinski definition) is 1. The molecule has 1 amide bonds. The molecule has 1 unspecified atom stereocenters. The van der Waals surface area contributed by atoms with Gasteiger partial charge in [-0.1, -0.05) is 37.6 Å². The van der Waals surface area contributed by atoms with Gasteiger partial charge >= 0.3 is 12.1 Å². The Hall–Kier alpha value is -3.79. The van der Waals surface area contributed by atoms with Crippen LogP contribution in [-0.4, -0.2) is 32.5 Å². The van der Waals surface area contributed by atoms with Crippen LogP contribution in [0, 0.1) is 5.92 Å². The van der Waals surface area contributed by atoms with Gasteiger partial charge in [0.2, 0.25) is 5.56 Å². The van der Waals surface area contributed by atoms with Crippen molar-refractivity contribution in [2.45, 2.75) is 32.2 Å². The number of hydrogen-bond acceptors (Lipinski definition) is 4. The number of amides is 1. The lowest BCUT2D eigenvalue weighted by Gasteiger charge is -2.32. The zero-order valence-electron chi connectivity index (χ0n) is 20.2. The normalized spacial score (nSPS) is 13.5. The van der Waals surface area contributed by atoms with Gasteiger partial charge in [0.25, 0.3) is 0 Å². The molecule has 37 heavy (non-hydrogen) atoms. The molecule has 0 spiro atoms. The molecule has 0 fully saturated rings. The first-order valence-corrected chi connectivity index (χ1v) is 11.8. The zero-order chi connectivity index (χ0) is 26.9. The van der Waals surface area contributed by atoms with Crippen LogP contribution in [0.2, 0.25) is 5.02 Å². The van der Waals surface area contributed by atoms with E-state index in [1.165, 1.54) is 10.6 Å². The molecule has 11 heteroatoms. The summed E-state index contributed by atoms with van der Waals surface area (Å²) in [5, 5.41) is 7.66. The van der Waals surface area contributed by atoms with Gasteiger partial charge in [0.15, 0.2) is 0 Å². The molecule has 7 nitrogen and oxygen atoms in total. The number of rotatable bonds is 7. The highest BCUT2D eigenvalue weighted by atomic mass is 35.5. The number of ether oxygens (including phenoxy) is 1. The molecule has 4 rings (SSSR count). The minimum Gasteiger partial charge on any atom is -0.484 e. The first kappa shape index (κ1) is 26.3. The maximum Gasteiger partial charge on any atom is 0.471 e. The molecular weight excluding hydrogens is 509 g/mol. The topological polar surface area (TPSA) is 78.2 Å². The van der Waals surface area contributed by atoms with E-state index in [2.05, 4.69) is 10.4 Å². The second kappa shape index (κ2) is 10.3. The predicted molar refractivity (Wildman–Crippen MR) is 134 cm³/mol. The molecular formula is C26H24ClF3N4O3. The number of nitrogens with one attached hydrogen (secondary N) is 1. The van der Waals surface area contributed by atoms with Crippen LogP contribution < -0.4 is 15.6 Å². The first-order chi connectivity index (χ1) is 17.4. The summed E-state index contributed by atoms with van der Waals surface area (Å²) in [6.07, 6.45) is -2.70. The first-order valence-electron chi connectivity index (χ1n) is 11.4. The van der Waals surface area contributed by atoms with Crippen molar-refractivity contribution in [2.24, 2.45) is 13.0 Å². The highest BCUT2D eigenvalue weighted by molar-refractivity contribution is 6.30. The average molecular weight is 533 g/mol. The summed E-state index contributed by atoms with van der Waals surface area (Å²) in [7, 11) is 1.64. The van der Waals surface area contributed by atoms with Crippen molar-refractivity contribution in [2.75, 3.05) is 0 Å². The van der Waals surface area contributed by atoms with Gasteiger partial charge < -0.3 is 14.6 Å². The van der Waals surface area contributed by atoms with E-state index in [4.69, 9.17) is 16.3 Å². The quantitative estimate of drug-likeness (QED) is 0.355. The molecule has 0 aliphatic carbocycles. The molecule has 194 valence electrons. The fourth-order valence-corrected chi connectivity index (χ4v) is 4.09. The molecule has 2 heterocycles. The van der Waals surface area contributed by atoms with Crippen molar-refractivity contribution in [1.82, 2.24) is 19.7 Å². The number of halogens is 4. The predicted octanol–water partition coefficient (Wildman–Crippen LogP) is 5.20. The van der Waals surface area contributed by atoms with E-state index in [9.17, 15) is 22.8 Å². The lowest BCUT2D eigenvalue weighted by atomic mass is 9.93. The van der Waals surface area contributed by atoms with E-state index in [0.29, 0.717) is 27.4 Å². The van der Waals surface area contributed by atoms with Crippen LogP contribution in [0.25, 0.3) is 16.6 Å². The van der Waals surface area contributed by atoms with Crippen molar-refractivity contribution >= 4 is 28.4 Å². The molecule has 4 aromatic rings. The van der Waals surface area contributed by atoms with Gasteiger partial charge in [0, 0.05) is 29.7 Å². The number of benzene rings is 2.